The zero-order valence-electron chi connectivity index (χ0n) is 16.5. The Morgan fingerprint density at radius 2 is 1.63 bits per heavy atom. The Labute approximate surface area is 161 Å². The van der Waals surface area contributed by atoms with Crippen LogP contribution in [0, 0.1) is 6.92 Å². The molecule has 0 aromatic heterocycles. The van der Waals surface area contributed by atoms with Crippen molar-refractivity contribution in [1.82, 2.24) is 4.90 Å². The third-order valence-electron chi connectivity index (χ3n) is 4.43. The molecule has 0 radical (unpaired) electrons. The van der Waals surface area contributed by atoms with Crippen molar-refractivity contribution in [2.75, 3.05) is 18.4 Å². The minimum atomic E-state index is -0.635. The molecule has 2 rings (SSSR count). The maximum absolute atomic E-state index is 12.7. The topological polar surface area (TPSA) is 58.6 Å². The van der Waals surface area contributed by atoms with Gasteiger partial charge in [-0.2, -0.15) is 0 Å². The first-order chi connectivity index (χ1) is 13.0. The van der Waals surface area contributed by atoms with Gasteiger partial charge in [-0.3, -0.25) is 9.59 Å². The summed E-state index contributed by atoms with van der Waals surface area (Å²) in [5.41, 5.74) is 2.12. The number of rotatable bonds is 8. The Morgan fingerprint density at radius 1 is 1.00 bits per heavy atom. The van der Waals surface area contributed by atoms with Crippen molar-refractivity contribution >= 4 is 17.5 Å². The molecule has 1 N–H and O–H groups in total. The van der Waals surface area contributed by atoms with E-state index in [1.807, 2.05) is 52.0 Å². The van der Waals surface area contributed by atoms with Crippen molar-refractivity contribution in [2.45, 2.75) is 40.2 Å². The average Bonchev–Trinajstić information content (AvgIpc) is 2.68. The Bertz CT molecular complexity index is 767. The number of para-hydroxylation sites is 1. The molecule has 0 spiro atoms. The zero-order chi connectivity index (χ0) is 19.8. The lowest BCUT2D eigenvalue weighted by Crippen LogP contribution is -2.34. The molecule has 0 aliphatic carbocycles. The molecule has 2 amide bonds. The summed E-state index contributed by atoms with van der Waals surface area (Å²) in [6.07, 6.45) is -0.115. The second kappa shape index (κ2) is 9.76. The highest BCUT2D eigenvalue weighted by molar-refractivity contribution is 6.04. The molecule has 0 unspecified atom stereocenters. The number of hydrogen-bond donors (Lipinski definition) is 1. The third-order valence-corrected chi connectivity index (χ3v) is 4.43. The van der Waals surface area contributed by atoms with Gasteiger partial charge in [-0.15, -0.1) is 0 Å². The second-order valence-corrected chi connectivity index (χ2v) is 6.34. The van der Waals surface area contributed by atoms with Crippen molar-refractivity contribution in [3.63, 3.8) is 0 Å². The second-order valence-electron chi connectivity index (χ2n) is 6.34. The molecule has 144 valence electrons. The molecule has 0 saturated heterocycles. The molecule has 2 aromatic carbocycles. The van der Waals surface area contributed by atoms with Crippen LogP contribution in [0.3, 0.4) is 0 Å². The number of hydrogen-bond acceptors (Lipinski definition) is 3. The number of ether oxygens (including phenoxy) is 1. The molecular weight excluding hydrogens is 340 g/mol. The van der Waals surface area contributed by atoms with Gasteiger partial charge in [0.2, 0.25) is 0 Å². The summed E-state index contributed by atoms with van der Waals surface area (Å²) in [5, 5.41) is 2.87. The van der Waals surface area contributed by atoms with E-state index in [4.69, 9.17) is 4.74 Å². The van der Waals surface area contributed by atoms with E-state index in [0.29, 0.717) is 36.5 Å². The van der Waals surface area contributed by atoms with E-state index in [0.717, 1.165) is 5.56 Å². The van der Waals surface area contributed by atoms with Crippen LogP contribution in [0.1, 0.15) is 43.1 Å². The number of anilines is 1. The van der Waals surface area contributed by atoms with Gasteiger partial charge in [0.05, 0.1) is 11.3 Å². The molecule has 0 aliphatic heterocycles. The van der Waals surface area contributed by atoms with Crippen LogP contribution in [-0.2, 0) is 4.79 Å². The third kappa shape index (κ3) is 5.33. The van der Waals surface area contributed by atoms with Crippen molar-refractivity contribution < 1.29 is 14.3 Å². The highest BCUT2D eigenvalue weighted by atomic mass is 16.5. The number of carbonyl (C=O) groups is 2. The van der Waals surface area contributed by atoms with Gasteiger partial charge < -0.3 is 15.0 Å². The first-order valence-electron chi connectivity index (χ1n) is 9.42. The highest BCUT2D eigenvalue weighted by Gasteiger charge is 2.22. The summed E-state index contributed by atoms with van der Waals surface area (Å²) in [6.45, 7) is 9.00. The van der Waals surface area contributed by atoms with Crippen molar-refractivity contribution in [1.29, 1.82) is 0 Å². The van der Waals surface area contributed by atoms with Gasteiger partial charge in [-0.25, -0.2) is 0 Å². The summed E-state index contributed by atoms with van der Waals surface area (Å²) < 4.78 is 5.84. The molecule has 1 atom stereocenters. The summed E-state index contributed by atoms with van der Waals surface area (Å²) in [7, 11) is 0. The molecule has 5 nitrogen and oxygen atoms in total. The van der Waals surface area contributed by atoms with Gasteiger partial charge in [0, 0.05) is 13.1 Å². The summed E-state index contributed by atoms with van der Waals surface area (Å²) >= 11 is 0. The van der Waals surface area contributed by atoms with Crippen molar-refractivity contribution in [3.8, 4) is 5.75 Å². The lowest BCUT2D eigenvalue weighted by Gasteiger charge is -2.22. The SMILES string of the molecule is CC[C@H](Oc1ccc(C)cc1)C(=O)Nc1ccccc1C(=O)N(CC)CC. The minimum absolute atomic E-state index is 0.0941. The summed E-state index contributed by atoms with van der Waals surface area (Å²) in [5.74, 6) is 0.288. The molecule has 2 aromatic rings. The van der Waals surface area contributed by atoms with Crippen LogP contribution in [0.2, 0.25) is 0 Å². The van der Waals surface area contributed by atoms with Crippen LogP contribution < -0.4 is 10.1 Å². The van der Waals surface area contributed by atoms with Gasteiger partial charge in [0.25, 0.3) is 11.8 Å². The minimum Gasteiger partial charge on any atom is -0.481 e. The van der Waals surface area contributed by atoms with Crippen LogP contribution >= 0.6 is 0 Å². The quantitative estimate of drug-likeness (QED) is 0.757. The van der Waals surface area contributed by atoms with Crippen molar-refractivity contribution in [2.24, 2.45) is 0 Å². The lowest BCUT2D eigenvalue weighted by molar-refractivity contribution is -0.122. The van der Waals surface area contributed by atoms with Gasteiger partial charge >= 0.3 is 0 Å². The number of nitrogens with zero attached hydrogens (tertiary/aromatic N) is 1. The van der Waals surface area contributed by atoms with E-state index >= 15 is 0 Å². The smallest absolute Gasteiger partial charge is 0.265 e. The molecule has 27 heavy (non-hydrogen) atoms. The zero-order valence-corrected chi connectivity index (χ0v) is 16.5. The molecule has 0 heterocycles. The number of benzene rings is 2. The first kappa shape index (κ1) is 20.5. The van der Waals surface area contributed by atoms with Crippen LogP contribution in [0.15, 0.2) is 48.5 Å². The van der Waals surface area contributed by atoms with Crippen LogP contribution in [0.4, 0.5) is 5.69 Å². The van der Waals surface area contributed by atoms with E-state index < -0.39 is 6.10 Å². The number of carbonyl (C=O) groups excluding carboxylic acids is 2. The largest absolute Gasteiger partial charge is 0.481 e. The fraction of sp³-hybridized carbons (Fsp3) is 0.364. The molecule has 0 saturated carbocycles. The predicted octanol–water partition coefficient (Wildman–Crippen LogP) is 4.27. The molecule has 0 bridgehead atoms. The number of nitrogens with one attached hydrogen (secondary N) is 1. The summed E-state index contributed by atoms with van der Waals surface area (Å²) in [6, 6.07) is 14.7. The highest BCUT2D eigenvalue weighted by Crippen LogP contribution is 2.20. The van der Waals surface area contributed by atoms with Gasteiger partial charge in [-0.1, -0.05) is 36.8 Å². The lowest BCUT2D eigenvalue weighted by atomic mass is 10.1. The Kier molecular flexibility index (Phi) is 7.41. The predicted molar refractivity (Wildman–Crippen MR) is 108 cm³/mol. The van der Waals surface area contributed by atoms with E-state index in [1.54, 1.807) is 29.2 Å². The summed E-state index contributed by atoms with van der Waals surface area (Å²) in [4.78, 5) is 27.2. The van der Waals surface area contributed by atoms with E-state index in [-0.39, 0.29) is 11.8 Å². The van der Waals surface area contributed by atoms with E-state index in [2.05, 4.69) is 5.32 Å². The van der Waals surface area contributed by atoms with Crippen molar-refractivity contribution in [3.05, 3.63) is 59.7 Å². The Morgan fingerprint density at radius 3 is 2.22 bits per heavy atom. The molecule has 0 fully saturated rings. The van der Waals surface area contributed by atoms with Crippen LogP contribution in [0.25, 0.3) is 0 Å². The Hall–Kier alpha value is -2.82. The molecular formula is C22H28N2O3. The Balaban J connectivity index is 2.16. The fourth-order valence-corrected chi connectivity index (χ4v) is 2.78. The monoisotopic (exact) mass is 368 g/mol. The maximum atomic E-state index is 12.7. The molecule has 0 aliphatic rings. The van der Waals surface area contributed by atoms with Gasteiger partial charge in [0.1, 0.15) is 5.75 Å². The van der Waals surface area contributed by atoms with Crippen LogP contribution in [-0.4, -0.2) is 35.9 Å². The molecule has 5 heteroatoms. The van der Waals surface area contributed by atoms with Gasteiger partial charge in [0.15, 0.2) is 6.10 Å². The van der Waals surface area contributed by atoms with Crippen LogP contribution in [0.5, 0.6) is 5.75 Å². The normalized spacial score (nSPS) is 11.6. The van der Waals surface area contributed by atoms with E-state index in [1.165, 1.54) is 0 Å². The first-order valence-corrected chi connectivity index (χ1v) is 9.42. The van der Waals surface area contributed by atoms with Gasteiger partial charge in [-0.05, 0) is 51.5 Å². The fourth-order valence-electron chi connectivity index (χ4n) is 2.78. The van der Waals surface area contributed by atoms with E-state index in [9.17, 15) is 9.59 Å². The average molecular weight is 368 g/mol. The maximum Gasteiger partial charge on any atom is 0.265 e. The standard InChI is InChI=1S/C22H28N2O3/c1-5-20(27-17-14-12-16(4)13-15-17)21(25)23-19-11-9-8-10-18(19)22(26)24(6-2)7-3/h8-15,20H,5-7H2,1-4H3,(H,23,25)/t20-/m0/s1. The number of aryl methyl sites for hydroxylation is 1. The number of amides is 2.